The molecule has 0 bridgehead atoms. The number of fused-ring (bicyclic) bond motifs is 1. The molecule has 0 spiro atoms. The molecule has 108 valence electrons. The van der Waals surface area contributed by atoms with Crippen molar-refractivity contribution in [2.45, 2.75) is 0 Å². The molecule has 3 rings (SSSR count). The van der Waals surface area contributed by atoms with Crippen LogP contribution in [0.25, 0.3) is 22.6 Å². The number of nitrogen functional groups attached to an aromatic ring is 1. The summed E-state index contributed by atoms with van der Waals surface area (Å²) in [7, 11) is 3.14. The Morgan fingerprint density at radius 3 is 2.62 bits per heavy atom. The Morgan fingerprint density at radius 2 is 1.90 bits per heavy atom. The third kappa shape index (κ3) is 2.25. The maximum atomic E-state index is 6.08. The van der Waals surface area contributed by atoms with Crippen molar-refractivity contribution in [2.75, 3.05) is 20.0 Å². The first-order chi connectivity index (χ1) is 10.1. The molecule has 1 aromatic heterocycles. The average molecular weight is 305 g/mol. The van der Waals surface area contributed by atoms with Gasteiger partial charge in [0.1, 0.15) is 11.5 Å². The van der Waals surface area contributed by atoms with Gasteiger partial charge < -0.3 is 19.6 Å². The second kappa shape index (κ2) is 5.18. The van der Waals surface area contributed by atoms with Crippen LogP contribution < -0.4 is 15.2 Å². The van der Waals surface area contributed by atoms with Gasteiger partial charge in [0.25, 0.3) is 0 Å². The van der Waals surface area contributed by atoms with E-state index in [-0.39, 0.29) is 0 Å². The minimum absolute atomic E-state index is 0.397. The van der Waals surface area contributed by atoms with Gasteiger partial charge in [0.05, 0.1) is 30.5 Å². The molecule has 6 heteroatoms. The van der Waals surface area contributed by atoms with Crippen LogP contribution in [0, 0.1) is 0 Å². The lowest BCUT2D eigenvalue weighted by Crippen LogP contribution is -1.93. The largest absolute Gasteiger partial charge is 0.496 e. The summed E-state index contributed by atoms with van der Waals surface area (Å²) in [6.45, 7) is 0. The number of halogens is 1. The van der Waals surface area contributed by atoms with Gasteiger partial charge in [0.2, 0.25) is 5.89 Å². The summed E-state index contributed by atoms with van der Waals surface area (Å²) < 4.78 is 16.4. The van der Waals surface area contributed by atoms with E-state index in [1.54, 1.807) is 26.4 Å². The zero-order chi connectivity index (χ0) is 15.0. The third-order valence-electron chi connectivity index (χ3n) is 3.15. The summed E-state index contributed by atoms with van der Waals surface area (Å²) in [5, 5.41) is 0.417. The average Bonchev–Trinajstić information content (AvgIpc) is 2.93. The molecule has 21 heavy (non-hydrogen) atoms. The van der Waals surface area contributed by atoms with E-state index in [4.69, 9.17) is 31.2 Å². The van der Waals surface area contributed by atoms with Crippen LogP contribution >= 0.6 is 11.6 Å². The molecule has 0 radical (unpaired) electrons. The molecule has 0 atom stereocenters. The summed E-state index contributed by atoms with van der Waals surface area (Å²) in [6, 6.07) is 8.79. The van der Waals surface area contributed by atoms with Crippen LogP contribution in [0.15, 0.2) is 34.7 Å². The smallest absolute Gasteiger partial charge is 0.231 e. The molecule has 0 aliphatic carbocycles. The zero-order valence-corrected chi connectivity index (χ0v) is 12.3. The van der Waals surface area contributed by atoms with Crippen molar-refractivity contribution in [2.24, 2.45) is 0 Å². The molecule has 5 nitrogen and oxygen atoms in total. The van der Waals surface area contributed by atoms with Crippen molar-refractivity contribution in [3.05, 3.63) is 35.4 Å². The Bertz CT molecular complexity index is 814. The Balaban J connectivity index is 2.23. The van der Waals surface area contributed by atoms with Crippen molar-refractivity contribution in [3.63, 3.8) is 0 Å². The maximum absolute atomic E-state index is 6.08. The minimum atomic E-state index is 0.397. The Labute approximate surface area is 126 Å². The predicted molar refractivity (Wildman–Crippen MR) is 82.0 cm³/mol. The molecule has 3 aromatic rings. The topological polar surface area (TPSA) is 70.5 Å². The monoisotopic (exact) mass is 304 g/mol. The Hall–Kier alpha value is -2.40. The van der Waals surface area contributed by atoms with Crippen molar-refractivity contribution < 1.29 is 13.9 Å². The normalized spacial score (nSPS) is 10.8. The Kier molecular flexibility index (Phi) is 3.35. The number of aromatic nitrogens is 1. The summed E-state index contributed by atoms with van der Waals surface area (Å²) in [5.41, 5.74) is 8.12. The summed E-state index contributed by atoms with van der Waals surface area (Å²) in [5.74, 6) is 1.58. The summed E-state index contributed by atoms with van der Waals surface area (Å²) in [6.07, 6.45) is 0. The lowest BCUT2D eigenvalue weighted by Gasteiger charge is -2.07. The van der Waals surface area contributed by atoms with Gasteiger partial charge in [-0.05, 0) is 18.2 Å². The molecule has 1 heterocycles. The number of para-hydroxylation sites is 1. The van der Waals surface area contributed by atoms with Crippen LogP contribution in [0.2, 0.25) is 5.02 Å². The molecule has 0 amide bonds. The number of methoxy groups -OCH3 is 2. The number of benzene rings is 2. The molecule has 2 aromatic carbocycles. The lowest BCUT2D eigenvalue weighted by atomic mass is 10.2. The molecule has 0 aliphatic rings. The number of nitrogens with zero attached hydrogens (tertiary/aromatic N) is 1. The number of nitrogens with two attached hydrogens (primary N) is 1. The van der Waals surface area contributed by atoms with E-state index >= 15 is 0 Å². The van der Waals surface area contributed by atoms with Crippen molar-refractivity contribution in [3.8, 4) is 23.0 Å². The fourth-order valence-corrected chi connectivity index (χ4v) is 2.27. The zero-order valence-electron chi connectivity index (χ0n) is 11.5. The molecular formula is C15H13ClN2O3. The van der Waals surface area contributed by atoms with E-state index in [1.165, 1.54) is 0 Å². The first-order valence-electron chi connectivity index (χ1n) is 6.21. The number of ether oxygens (including phenoxy) is 2. The lowest BCUT2D eigenvalue weighted by molar-refractivity contribution is 0.415. The molecular weight excluding hydrogens is 292 g/mol. The van der Waals surface area contributed by atoms with Gasteiger partial charge in [-0.15, -0.1) is 0 Å². The van der Waals surface area contributed by atoms with Gasteiger partial charge in [0.15, 0.2) is 11.1 Å². The summed E-state index contributed by atoms with van der Waals surface area (Å²) in [4.78, 5) is 4.46. The predicted octanol–water partition coefficient (Wildman–Crippen LogP) is 3.75. The molecule has 0 fully saturated rings. The van der Waals surface area contributed by atoms with Crippen LogP contribution in [-0.4, -0.2) is 19.2 Å². The second-order valence-corrected chi connectivity index (χ2v) is 4.81. The van der Waals surface area contributed by atoms with Crippen LogP contribution in [0.5, 0.6) is 11.5 Å². The number of anilines is 1. The fraction of sp³-hybridized carbons (Fsp3) is 0.133. The SMILES string of the molecule is COc1cc(N)c(Cl)cc1-c1nc2c(OC)cccc2o1. The van der Waals surface area contributed by atoms with Gasteiger partial charge in [-0.25, -0.2) is 4.98 Å². The highest BCUT2D eigenvalue weighted by Crippen LogP contribution is 2.38. The number of hydrogen-bond donors (Lipinski definition) is 1. The first-order valence-corrected chi connectivity index (χ1v) is 6.58. The van der Waals surface area contributed by atoms with Crippen molar-refractivity contribution in [1.82, 2.24) is 4.98 Å². The van der Waals surface area contributed by atoms with Gasteiger partial charge in [-0.1, -0.05) is 17.7 Å². The fourth-order valence-electron chi connectivity index (χ4n) is 2.11. The van der Waals surface area contributed by atoms with Gasteiger partial charge in [-0.2, -0.15) is 0 Å². The molecule has 0 unspecified atom stereocenters. The quantitative estimate of drug-likeness (QED) is 0.746. The highest BCUT2D eigenvalue weighted by atomic mass is 35.5. The van der Waals surface area contributed by atoms with Crippen LogP contribution in [0.4, 0.5) is 5.69 Å². The third-order valence-corrected chi connectivity index (χ3v) is 3.48. The van der Waals surface area contributed by atoms with E-state index in [9.17, 15) is 0 Å². The van der Waals surface area contributed by atoms with Crippen LogP contribution in [0.1, 0.15) is 0 Å². The highest BCUT2D eigenvalue weighted by Gasteiger charge is 2.17. The summed E-state index contributed by atoms with van der Waals surface area (Å²) >= 11 is 6.08. The molecule has 0 saturated carbocycles. The number of rotatable bonds is 3. The number of oxazole rings is 1. The minimum Gasteiger partial charge on any atom is -0.496 e. The molecule has 0 saturated heterocycles. The second-order valence-electron chi connectivity index (χ2n) is 4.40. The van der Waals surface area contributed by atoms with E-state index in [1.807, 2.05) is 18.2 Å². The van der Waals surface area contributed by atoms with Crippen LogP contribution in [0.3, 0.4) is 0 Å². The van der Waals surface area contributed by atoms with Gasteiger partial charge in [0, 0.05) is 6.07 Å². The van der Waals surface area contributed by atoms with Gasteiger partial charge in [-0.3, -0.25) is 0 Å². The van der Waals surface area contributed by atoms with Crippen molar-refractivity contribution >= 4 is 28.4 Å². The highest BCUT2D eigenvalue weighted by molar-refractivity contribution is 6.33. The van der Waals surface area contributed by atoms with Crippen LogP contribution in [-0.2, 0) is 0 Å². The number of hydrogen-bond acceptors (Lipinski definition) is 5. The maximum Gasteiger partial charge on any atom is 0.231 e. The van der Waals surface area contributed by atoms with E-state index in [0.717, 1.165) is 0 Å². The van der Waals surface area contributed by atoms with E-state index in [0.29, 0.717) is 44.8 Å². The molecule has 0 aliphatic heterocycles. The van der Waals surface area contributed by atoms with E-state index in [2.05, 4.69) is 4.98 Å². The standard InChI is InChI=1S/C15H13ClN2O3/c1-19-11-4-3-5-12-14(11)18-15(21-12)8-6-9(16)10(17)7-13(8)20-2/h3-7H,17H2,1-2H3. The van der Waals surface area contributed by atoms with Gasteiger partial charge >= 0.3 is 0 Å². The molecule has 2 N–H and O–H groups in total. The Morgan fingerprint density at radius 1 is 1.14 bits per heavy atom. The first kappa shape index (κ1) is 13.6. The van der Waals surface area contributed by atoms with E-state index < -0.39 is 0 Å². The van der Waals surface area contributed by atoms with Crippen molar-refractivity contribution in [1.29, 1.82) is 0 Å².